The summed E-state index contributed by atoms with van der Waals surface area (Å²) in [5.74, 6) is -1.64. The molecule has 192 valence electrons. The minimum Gasteiger partial charge on any atom is -0.368 e. The SMILES string of the molecule is Cc1cccc(N2CCN(C(=O)CC3(c4ccccc4F)CC(=O)N(CCN(C)C)C3=O)CC2)c1C. The van der Waals surface area contributed by atoms with Crippen molar-refractivity contribution in [3.63, 3.8) is 0 Å². The number of carbonyl (C=O) groups excluding carboxylic acids is 3. The molecule has 0 aromatic heterocycles. The first kappa shape index (κ1) is 25.8. The second-order valence-corrected chi connectivity index (χ2v) is 10.2. The fourth-order valence-corrected chi connectivity index (χ4v) is 5.27. The number of anilines is 1. The van der Waals surface area contributed by atoms with Gasteiger partial charge in [0, 0.05) is 63.4 Å². The molecule has 2 aliphatic rings. The molecule has 0 aliphatic carbocycles. The number of hydrogen-bond acceptors (Lipinski definition) is 5. The lowest BCUT2D eigenvalue weighted by Crippen LogP contribution is -2.51. The number of halogens is 1. The molecular formula is C28H35FN4O3. The van der Waals surface area contributed by atoms with Crippen LogP contribution in [0.5, 0.6) is 0 Å². The molecule has 2 aromatic rings. The van der Waals surface area contributed by atoms with Crippen molar-refractivity contribution in [1.29, 1.82) is 0 Å². The Balaban J connectivity index is 1.54. The Morgan fingerprint density at radius 1 is 1.00 bits per heavy atom. The number of amides is 3. The maximum absolute atomic E-state index is 15.0. The van der Waals surface area contributed by atoms with E-state index in [0.717, 1.165) is 5.69 Å². The van der Waals surface area contributed by atoms with Crippen molar-refractivity contribution >= 4 is 23.4 Å². The fourth-order valence-electron chi connectivity index (χ4n) is 5.27. The Kier molecular flexibility index (Phi) is 7.45. The summed E-state index contributed by atoms with van der Waals surface area (Å²) in [4.78, 5) is 47.2. The Morgan fingerprint density at radius 3 is 2.36 bits per heavy atom. The van der Waals surface area contributed by atoms with E-state index >= 15 is 4.39 Å². The lowest BCUT2D eigenvalue weighted by atomic mass is 9.75. The van der Waals surface area contributed by atoms with E-state index < -0.39 is 17.1 Å². The van der Waals surface area contributed by atoms with Gasteiger partial charge in [0.15, 0.2) is 0 Å². The van der Waals surface area contributed by atoms with Gasteiger partial charge in [0.1, 0.15) is 5.82 Å². The normalized spacial score (nSPS) is 20.6. The summed E-state index contributed by atoms with van der Waals surface area (Å²) in [6, 6.07) is 12.2. The lowest BCUT2D eigenvalue weighted by molar-refractivity contribution is -0.143. The van der Waals surface area contributed by atoms with Crippen LogP contribution >= 0.6 is 0 Å². The van der Waals surface area contributed by atoms with Crippen molar-refractivity contribution in [3.8, 4) is 0 Å². The maximum Gasteiger partial charge on any atom is 0.241 e. The van der Waals surface area contributed by atoms with Crippen molar-refractivity contribution in [2.45, 2.75) is 32.1 Å². The first-order chi connectivity index (χ1) is 17.1. The van der Waals surface area contributed by atoms with Gasteiger partial charge >= 0.3 is 0 Å². The average Bonchev–Trinajstić information content (AvgIpc) is 3.09. The summed E-state index contributed by atoms with van der Waals surface area (Å²) < 4.78 is 15.0. The van der Waals surface area contributed by atoms with Gasteiger partial charge in [-0.2, -0.15) is 0 Å². The van der Waals surface area contributed by atoms with Gasteiger partial charge in [-0.25, -0.2) is 4.39 Å². The van der Waals surface area contributed by atoms with Gasteiger partial charge in [0.05, 0.1) is 5.41 Å². The van der Waals surface area contributed by atoms with Crippen LogP contribution in [0.3, 0.4) is 0 Å². The molecule has 8 heteroatoms. The van der Waals surface area contributed by atoms with Crippen LogP contribution in [0, 0.1) is 19.7 Å². The number of piperazine rings is 1. The van der Waals surface area contributed by atoms with Crippen LogP contribution in [-0.4, -0.2) is 85.8 Å². The third-order valence-electron chi connectivity index (χ3n) is 7.57. The number of imide groups is 1. The Labute approximate surface area is 212 Å². The standard InChI is InChI=1S/C28H35FN4O3/c1-20-8-7-11-24(21(20)2)31-13-15-32(16-14-31)25(34)18-28(22-9-5-6-10-23(22)29)19-26(35)33(27(28)36)17-12-30(3)4/h5-11H,12-19H2,1-4H3. The number of benzene rings is 2. The Bertz CT molecular complexity index is 1160. The number of rotatable bonds is 7. The van der Waals surface area contributed by atoms with E-state index in [4.69, 9.17) is 0 Å². The van der Waals surface area contributed by atoms with E-state index in [2.05, 4.69) is 30.9 Å². The quantitative estimate of drug-likeness (QED) is 0.554. The summed E-state index contributed by atoms with van der Waals surface area (Å²) in [5.41, 5.74) is 2.22. The number of hydrogen-bond donors (Lipinski definition) is 0. The minimum absolute atomic E-state index is 0.123. The molecule has 1 unspecified atom stereocenters. The highest BCUT2D eigenvalue weighted by molar-refractivity contribution is 6.10. The van der Waals surface area contributed by atoms with Crippen molar-refractivity contribution in [3.05, 3.63) is 65.0 Å². The molecule has 3 amide bonds. The Hall–Kier alpha value is -3.26. The van der Waals surface area contributed by atoms with Crippen LogP contribution in [0.15, 0.2) is 42.5 Å². The highest BCUT2D eigenvalue weighted by atomic mass is 19.1. The Morgan fingerprint density at radius 2 is 1.69 bits per heavy atom. The van der Waals surface area contributed by atoms with Gasteiger partial charge in [-0.05, 0) is 51.2 Å². The summed E-state index contributed by atoms with van der Waals surface area (Å²) in [7, 11) is 3.72. The summed E-state index contributed by atoms with van der Waals surface area (Å²) in [5, 5.41) is 0. The summed E-state index contributed by atoms with van der Waals surface area (Å²) in [6.07, 6.45) is -0.422. The largest absolute Gasteiger partial charge is 0.368 e. The molecule has 2 heterocycles. The molecule has 36 heavy (non-hydrogen) atoms. The first-order valence-electron chi connectivity index (χ1n) is 12.5. The fraction of sp³-hybridized carbons (Fsp3) is 0.464. The maximum atomic E-state index is 15.0. The predicted octanol–water partition coefficient (Wildman–Crippen LogP) is 2.74. The van der Waals surface area contributed by atoms with Crippen LogP contribution in [0.2, 0.25) is 0 Å². The van der Waals surface area contributed by atoms with Gasteiger partial charge in [-0.15, -0.1) is 0 Å². The van der Waals surface area contributed by atoms with E-state index in [0.29, 0.717) is 32.7 Å². The molecule has 0 N–H and O–H groups in total. The van der Waals surface area contributed by atoms with E-state index in [9.17, 15) is 14.4 Å². The zero-order valence-electron chi connectivity index (χ0n) is 21.6. The van der Waals surface area contributed by atoms with Gasteiger partial charge in [0.2, 0.25) is 17.7 Å². The average molecular weight is 495 g/mol. The van der Waals surface area contributed by atoms with E-state index in [1.54, 1.807) is 17.0 Å². The molecule has 0 bridgehead atoms. The molecule has 2 saturated heterocycles. The highest BCUT2D eigenvalue weighted by Gasteiger charge is 2.55. The van der Waals surface area contributed by atoms with Crippen LogP contribution < -0.4 is 4.90 Å². The molecule has 1 atom stereocenters. The zero-order valence-corrected chi connectivity index (χ0v) is 21.6. The van der Waals surface area contributed by atoms with Crippen LogP contribution in [0.1, 0.15) is 29.5 Å². The number of likely N-dealkylation sites (tertiary alicyclic amines) is 1. The highest BCUT2D eigenvalue weighted by Crippen LogP contribution is 2.41. The first-order valence-corrected chi connectivity index (χ1v) is 12.5. The monoisotopic (exact) mass is 494 g/mol. The zero-order chi connectivity index (χ0) is 26.0. The summed E-state index contributed by atoms with van der Waals surface area (Å²) in [6.45, 7) is 7.25. The van der Waals surface area contributed by atoms with Crippen molar-refractivity contribution in [2.24, 2.45) is 0 Å². The molecule has 7 nitrogen and oxygen atoms in total. The second kappa shape index (κ2) is 10.4. The molecule has 0 radical (unpaired) electrons. The van der Waals surface area contributed by atoms with E-state index in [1.807, 2.05) is 25.1 Å². The second-order valence-electron chi connectivity index (χ2n) is 10.2. The number of nitrogens with zero attached hydrogens (tertiary/aromatic N) is 4. The number of carbonyl (C=O) groups is 3. The molecule has 2 aliphatic heterocycles. The van der Waals surface area contributed by atoms with Crippen LogP contribution in [0.25, 0.3) is 0 Å². The molecule has 4 rings (SSSR count). The topological polar surface area (TPSA) is 64.2 Å². The molecule has 0 saturated carbocycles. The van der Waals surface area contributed by atoms with Crippen LogP contribution in [-0.2, 0) is 19.8 Å². The van der Waals surface area contributed by atoms with Crippen molar-refractivity contribution in [1.82, 2.24) is 14.7 Å². The van der Waals surface area contributed by atoms with Crippen molar-refractivity contribution < 1.29 is 18.8 Å². The smallest absolute Gasteiger partial charge is 0.241 e. The van der Waals surface area contributed by atoms with E-state index in [1.165, 1.54) is 28.2 Å². The van der Waals surface area contributed by atoms with Gasteiger partial charge in [0.25, 0.3) is 0 Å². The van der Waals surface area contributed by atoms with Crippen LogP contribution in [0.4, 0.5) is 10.1 Å². The third-order valence-corrected chi connectivity index (χ3v) is 7.57. The van der Waals surface area contributed by atoms with Crippen molar-refractivity contribution in [2.75, 3.05) is 58.3 Å². The molecule has 2 aromatic carbocycles. The number of aryl methyl sites for hydroxylation is 1. The van der Waals surface area contributed by atoms with E-state index in [-0.39, 0.29) is 36.8 Å². The molecule has 2 fully saturated rings. The lowest BCUT2D eigenvalue weighted by Gasteiger charge is -2.38. The predicted molar refractivity (Wildman–Crippen MR) is 137 cm³/mol. The van der Waals surface area contributed by atoms with Gasteiger partial charge < -0.3 is 14.7 Å². The molecular weight excluding hydrogens is 459 g/mol. The summed E-state index contributed by atoms with van der Waals surface area (Å²) >= 11 is 0. The molecule has 0 spiro atoms. The minimum atomic E-state index is -1.52. The third kappa shape index (κ3) is 4.87. The van der Waals surface area contributed by atoms with Gasteiger partial charge in [-0.1, -0.05) is 30.3 Å². The van der Waals surface area contributed by atoms with Gasteiger partial charge in [-0.3, -0.25) is 19.3 Å². The number of likely N-dealkylation sites (N-methyl/N-ethyl adjacent to an activating group) is 1.